The predicted octanol–water partition coefficient (Wildman–Crippen LogP) is 4.52. The zero-order chi connectivity index (χ0) is 12.3. The Balaban J connectivity index is 4.93. The second-order valence-electron chi connectivity index (χ2n) is 6.34. The van der Waals surface area contributed by atoms with Crippen LogP contribution in [-0.2, 0) is 0 Å². The summed E-state index contributed by atoms with van der Waals surface area (Å²) in [5.41, 5.74) is 2.51. The van der Waals surface area contributed by atoms with Gasteiger partial charge in [0, 0.05) is 0 Å². The third-order valence-corrected chi connectivity index (χ3v) is 5.97. The molecule has 0 fully saturated rings. The van der Waals surface area contributed by atoms with Gasteiger partial charge >= 0.3 is 0 Å². The minimum absolute atomic E-state index is 0.440. The Labute approximate surface area is 96.9 Å². The molecule has 0 aromatic carbocycles. The van der Waals surface area contributed by atoms with Crippen molar-refractivity contribution in [2.24, 2.45) is 0 Å². The van der Waals surface area contributed by atoms with Gasteiger partial charge in [-0.1, -0.05) is 50.2 Å². The fourth-order valence-corrected chi connectivity index (χ4v) is 6.27. The van der Waals surface area contributed by atoms with E-state index >= 15 is 0 Å². The number of hydrogen-bond donors (Lipinski definition) is 1. The van der Waals surface area contributed by atoms with E-state index in [1.54, 1.807) is 12.1 Å². The van der Waals surface area contributed by atoms with E-state index in [-0.39, 0.29) is 0 Å². The number of allylic oxidation sites excluding steroid dienone is 3. The number of hydrogen-bond acceptors (Lipinski definition) is 1. The maximum atomic E-state index is 9.23. The summed E-state index contributed by atoms with van der Waals surface area (Å²) in [7, 11) is -2.36. The summed E-state index contributed by atoms with van der Waals surface area (Å²) < 4.78 is 0. The highest BCUT2D eigenvalue weighted by atomic mass is 28.3. The average molecular weight is 243 g/mol. The highest BCUT2D eigenvalue weighted by Crippen LogP contribution is 2.22. The zero-order valence-corrected chi connectivity index (χ0v) is 13.3. The predicted molar refractivity (Wildman–Crippen MR) is 75.8 cm³/mol. The monoisotopic (exact) mass is 242 g/mol. The van der Waals surface area contributed by atoms with Gasteiger partial charge in [-0.25, -0.2) is 0 Å². The molecule has 0 bridgehead atoms. The van der Waals surface area contributed by atoms with Crippen LogP contribution in [0.15, 0.2) is 22.7 Å². The largest absolute Gasteiger partial charge is 0.513 e. The summed E-state index contributed by atoms with van der Waals surface area (Å²) in [4.78, 5) is 0. The Bertz CT molecular complexity index is 260. The van der Waals surface area contributed by atoms with Gasteiger partial charge in [0.05, 0.1) is 21.9 Å². The Hall–Kier alpha value is -0.286. The summed E-state index contributed by atoms with van der Waals surface area (Å²) in [6, 6.07) is 0. The first kappa shape index (κ1) is 14.7. The number of aliphatic hydroxyl groups is 1. The molecule has 0 radical (unpaired) electrons. The van der Waals surface area contributed by atoms with Crippen molar-refractivity contribution < 1.29 is 5.11 Å². The van der Waals surface area contributed by atoms with Gasteiger partial charge in [0.2, 0.25) is 0 Å². The molecule has 0 aliphatic rings. The standard InChI is InChI=1S/C12H26OSi2/c1-11(13)8-9-12(15(5,6)7)10-14(2,3)4/h8,10,13H,9H2,1-7H3/b11-8+,12-10+. The van der Waals surface area contributed by atoms with E-state index < -0.39 is 16.1 Å². The molecule has 0 rings (SSSR count). The van der Waals surface area contributed by atoms with Crippen molar-refractivity contribution in [3.63, 3.8) is 0 Å². The van der Waals surface area contributed by atoms with Crippen LogP contribution in [0, 0.1) is 0 Å². The van der Waals surface area contributed by atoms with Crippen LogP contribution in [0.1, 0.15) is 13.3 Å². The maximum absolute atomic E-state index is 9.23. The first-order valence-corrected chi connectivity index (χ1v) is 12.7. The van der Waals surface area contributed by atoms with E-state index in [0.29, 0.717) is 5.76 Å². The molecular formula is C12H26OSi2. The molecule has 88 valence electrons. The Morgan fingerprint density at radius 1 is 1.07 bits per heavy atom. The maximum Gasteiger partial charge on any atom is 0.0855 e. The molecule has 0 aliphatic heterocycles. The third kappa shape index (κ3) is 7.62. The van der Waals surface area contributed by atoms with E-state index in [1.165, 1.54) is 0 Å². The van der Waals surface area contributed by atoms with Crippen molar-refractivity contribution in [2.45, 2.75) is 52.6 Å². The third-order valence-electron chi connectivity index (χ3n) is 2.19. The van der Waals surface area contributed by atoms with E-state index in [4.69, 9.17) is 0 Å². The van der Waals surface area contributed by atoms with Crippen molar-refractivity contribution in [1.82, 2.24) is 0 Å². The summed E-state index contributed by atoms with van der Waals surface area (Å²) >= 11 is 0. The molecule has 1 nitrogen and oxygen atoms in total. The molecule has 0 saturated heterocycles. The first-order chi connectivity index (χ1) is 6.52. The second kappa shape index (κ2) is 5.17. The van der Waals surface area contributed by atoms with Crippen molar-refractivity contribution in [2.75, 3.05) is 0 Å². The Kier molecular flexibility index (Phi) is 5.07. The Morgan fingerprint density at radius 3 is 1.80 bits per heavy atom. The fraction of sp³-hybridized carbons (Fsp3) is 0.667. The Morgan fingerprint density at radius 2 is 1.53 bits per heavy atom. The molecule has 0 unspecified atom stereocenters. The van der Waals surface area contributed by atoms with Gasteiger partial charge in [-0.05, 0) is 19.4 Å². The molecule has 0 atom stereocenters. The summed E-state index contributed by atoms with van der Waals surface area (Å²) in [5, 5.41) is 10.8. The lowest BCUT2D eigenvalue weighted by atomic mass is 10.3. The lowest BCUT2D eigenvalue weighted by molar-refractivity contribution is 0.412. The number of rotatable bonds is 4. The first-order valence-electron chi connectivity index (χ1n) is 5.60. The second-order valence-corrected chi connectivity index (χ2v) is 16.5. The van der Waals surface area contributed by atoms with Gasteiger partial charge in [0.1, 0.15) is 0 Å². The van der Waals surface area contributed by atoms with Crippen LogP contribution in [-0.4, -0.2) is 21.3 Å². The van der Waals surface area contributed by atoms with Gasteiger partial charge in [-0.2, -0.15) is 0 Å². The normalized spacial score (nSPS) is 15.7. The molecular weight excluding hydrogens is 216 g/mol. The topological polar surface area (TPSA) is 20.2 Å². The summed E-state index contributed by atoms with van der Waals surface area (Å²) in [5.74, 6) is 0.440. The molecule has 0 amide bonds. The molecule has 0 saturated carbocycles. The lowest BCUT2D eigenvalue weighted by Gasteiger charge is -2.24. The van der Waals surface area contributed by atoms with Gasteiger partial charge in [-0.15, -0.1) is 0 Å². The van der Waals surface area contributed by atoms with Crippen LogP contribution in [0.25, 0.3) is 0 Å². The van der Waals surface area contributed by atoms with Gasteiger partial charge < -0.3 is 5.11 Å². The van der Waals surface area contributed by atoms with Crippen LogP contribution in [0.3, 0.4) is 0 Å². The van der Waals surface area contributed by atoms with Crippen molar-refractivity contribution >= 4 is 16.1 Å². The lowest BCUT2D eigenvalue weighted by Crippen LogP contribution is -2.28. The smallest absolute Gasteiger partial charge is 0.0855 e. The zero-order valence-electron chi connectivity index (χ0n) is 11.3. The highest BCUT2D eigenvalue weighted by molar-refractivity contribution is 6.87. The minimum Gasteiger partial charge on any atom is -0.513 e. The van der Waals surface area contributed by atoms with Crippen LogP contribution < -0.4 is 0 Å². The van der Waals surface area contributed by atoms with Gasteiger partial charge in [0.25, 0.3) is 0 Å². The van der Waals surface area contributed by atoms with Crippen LogP contribution in [0.5, 0.6) is 0 Å². The molecule has 1 N–H and O–H groups in total. The van der Waals surface area contributed by atoms with Crippen LogP contribution >= 0.6 is 0 Å². The summed E-state index contributed by atoms with van der Waals surface area (Å²) in [6.07, 6.45) is 2.87. The SMILES string of the molecule is C/C(O)=C\C/C(=C\[Si](C)(C)C)[Si](C)(C)C. The molecule has 0 heterocycles. The molecule has 3 heteroatoms. The van der Waals surface area contributed by atoms with E-state index in [2.05, 4.69) is 45.0 Å². The van der Waals surface area contributed by atoms with Crippen LogP contribution in [0.4, 0.5) is 0 Å². The van der Waals surface area contributed by atoms with Crippen molar-refractivity contribution in [3.05, 3.63) is 22.7 Å². The van der Waals surface area contributed by atoms with E-state index in [0.717, 1.165) is 6.42 Å². The number of aliphatic hydroxyl groups excluding tert-OH is 1. The fourth-order valence-electron chi connectivity index (χ4n) is 1.36. The van der Waals surface area contributed by atoms with Crippen LogP contribution in [0.2, 0.25) is 39.3 Å². The van der Waals surface area contributed by atoms with E-state index in [9.17, 15) is 5.11 Å². The quantitative estimate of drug-likeness (QED) is 0.568. The van der Waals surface area contributed by atoms with Crippen molar-refractivity contribution in [1.29, 1.82) is 0 Å². The van der Waals surface area contributed by atoms with Gasteiger partial charge in [-0.3, -0.25) is 0 Å². The van der Waals surface area contributed by atoms with Crippen molar-refractivity contribution in [3.8, 4) is 0 Å². The van der Waals surface area contributed by atoms with Gasteiger partial charge in [0.15, 0.2) is 0 Å². The molecule has 0 aliphatic carbocycles. The average Bonchev–Trinajstić information content (AvgIpc) is 1.93. The molecule has 0 aromatic heterocycles. The molecule has 0 aromatic rings. The minimum atomic E-state index is -1.22. The molecule has 15 heavy (non-hydrogen) atoms. The molecule has 0 spiro atoms. The summed E-state index contributed by atoms with van der Waals surface area (Å²) in [6.45, 7) is 16.0. The van der Waals surface area contributed by atoms with E-state index in [1.807, 2.05) is 6.08 Å². The highest BCUT2D eigenvalue weighted by Gasteiger charge is 2.21.